The first-order chi connectivity index (χ1) is 22.5. The van der Waals surface area contributed by atoms with E-state index in [2.05, 4.69) is 144 Å². The number of aromatic nitrogens is 1. The zero-order valence-corrected chi connectivity index (χ0v) is 29.7. The van der Waals surface area contributed by atoms with Crippen LogP contribution in [0.1, 0.15) is 68.5 Å². The van der Waals surface area contributed by atoms with Crippen molar-refractivity contribution in [2.75, 3.05) is 18.0 Å². The largest absolute Gasteiger partial charge is 0.364 e. The van der Waals surface area contributed by atoms with E-state index in [0.717, 1.165) is 44.7 Å². The maximum atomic E-state index is 4.75. The van der Waals surface area contributed by atoms with E-state index in [0.29, 0.717) is 6.04 Å². The van der Waals surface area contributed by atoms with E-state index in [4.69, 9.17) is 4.98 Å². The van der Waals surface area contributed by atoms with Crippen molar-refractivity contribution >= 4 is 5.69 Å². The Kier molecular flexibility index (Phi) is 9.66. The molecule has 0 unspecified atom stereocenters. The lowest BCUT2D eigenvalue weighted by Crippen LogP contribution is -2.44. The molecule has 0 amide bonds. The van der Waals surface area contributed by atoms with Crippen molar-refractivity contribution in [2.45, 2.75) is 87.4 Å². The Balaban J connectivity index is 1.23. The summed E-state index contributed by atoms with van der Waals surface area (Å²) in [6.07, 6.45) is 4.27. The van der Waals surface area contributed by atoms with Gasteiger partial charge in [0.25, 0.3) is 0 Å². The van der Waals surface area contributed by atoms with Crippen LogP contribution in [0.4, 0.5) is 5.69 Å². The number of aryl methyl sites for hydroxylation is 6. The smallest absolute Gasteiger partial charge is 0.0705 e. The highest BCUT2D eigenvalue weighted by Crippen LogP contribution is 2.33. The summed E-state index contributed by atoms with van der Waals surface area (Å²) in [5.74, 6) is 0. The second kappa shape index (κ2) is 13.9. The van der Waals surface area contributed by atoms with Gasteiger partial charge in [-0.2, -0.15) is 0 Å². The molecule has 0 saturated carbocycles. The SMILES string of the molecule is Cc1cc(C)cc(N(Cc2ccccc2-c2cc(C)c(C)c(C)c2)C2CCN(Cc3ccnc(-c4cc(C)c(C)c(C)c4)c3)CC2)c1. The number of nitrogens with zero attached hydrogens (tertiary/aromatic N) is 3. The van der Waals surface area contributed by atoms with Gasteiger partial charge in [0, 0.05) is 49.7 Å². The molecule has 0 atom stereocenters. The van der Waals surface area contributed by atoms with E-state index in [1.165, 1.54) is 78.0 Å². The van der Waals surface area contributed by atoms with Gasteiger partial charge in [-0.15, -0.1) is 0 Å². The standard InChI is InChI=1S/C44H51N3/c1-29-19-30(2)21-42(20-29)47(28-38-11-9-10-12-43(38)39-22-31(3)35(7)32(4)23-39)41-14-17-46(18-15-41)27-37-13-16-45-44(26-37)40-24-33(5)36(8)34(6)25-40/h9-13,16,19-26,41H,14-15,17-18,27-28H2,1-8H3. The monoisotopic (exact) mass is 621 g/mol. The quantitative estimate of drug-likeness (QED) is 0.172. The molecule has 1 fully saturated rings. The van der Waals surface area contributed by atoms with E-state index in [9.17, 15) is 0 Å². The number of pyridine rings is 1. The third-order valence-corrected chi connectivity index (χ3v) is 10.6. The van der Waals surface area contributed by atoms with E-state index in [1.54, 1.807) is 0 Å². The molecule has 0 radical (unpaired) electrons. The third-order valence-electron chi connectivity index (χ3n) is 10.6. The fourth-order valence-electron chi connectivity index (χ4n) is 7.42. The van der Waals surface area contributed by atoms with Crippen molar-refractivity contribution in [3.8, 4) is 22.4 Å². The summed E-state index contributed by atoms with van der Waals surface area (Å²) >= 11 is 0. The van der Waals surface area contributed by atoms with Crippen LogP contribution in [0, 0.1) is 55.4 Å². The summed E-state index contributed by atoms with van der Waals surface area (Å²) < 4.78 is 0. The zero-order chi connectivity index (χ0) is 33.2. The van der Waals surface area contributed by atoms with Crippen LogP contribution in [-0.2, 0) is 13.1 Å². The van der Waals surface area contributed by atoms with Crippen LogP contribution in [0.5, 0.6) is 0 Å². The number of likely N-dealkylation sites (tertiary alicyclic amines) is 1. The Bertz CT molecular complexity index is 1830. The first-order valence-corrected chi connectivity index (χ1v) is 17.3. The predicted molar refractivity (Wildman–Crippen MR) is 200 cm³/mol. The molecular formula is C44H51N3. The molecule has 3 heteroatoms. The predicted octanol–water partition coefficient (Wildman–Crippen LogP) is 10.6. The Morgan fingerprint density at radius 3 is 1.85 bits per heavy atom. The molecule has 242 valence electrons. The minimum absolute atomic E-state index is 0.480. The van der Waals surface area contributed by atoms with Crippen LogP contribution in [0.2, 0.25) is 0 Å². The Hall–Kier alpha value is -4.21. The van der Waals surface area contributed by atoms with Gasteiger partial charge >= 0.3 is 0 Å². The molecule has 0 spiro atoms. The summed E-state index contributed by atoms with van der Waals surface area (Å²) in [6.45, 7) is 21.8. The molecule has 0 N–H and O–H groups in total. The van der Waals surface area contributed by atoms with Gasteiger partial charge in [-0.1, -0.05) is 42.5 Å². The second-order valence-corrected chi connectivity index (χ2v) is 14.2. The molecular weight excluding hydrogens is 571 g/mol. The highest BCUT2D eigenvalue weighted by Gasteiger charge is 2.26. The van der Waals surface area contributed by atoms with Gasteiger partial charge in [0.05, 0.1) is 5.69 Å². The van der Waals surface area contributed by atoms with E-state index in [-0.39, 0.29) is 0 Å². The second-order valence-electron chi connectivity index (χ2n) is 14.2. The van der Waals surface area contributed by atoms with Crippen LogP contribution in [0.15, 0.2) is 85.1 Å². The minimum atomic E-state index is 0.480. The molecule has 2 heterocycles. The Morgan fingerprint density at radius 1 is 0.660 bits per heavy atom. The van der Waals surface area contributed by atoms with E-state index < -0.39 is 0 Å². The van der Waals surface area contributed by atoms with Crippen LogP contribution in [0.25, 0.3) is 22.4 Å². The van der Waals surface area contributed by atoms with Gasteiger partial charge < -0.3 is 4.90 Å². The van der Waals surface area contributed by atoms with E-state index >= 15 is 0 Å². The van der Waals surface area contributed by atoms with Gasteiger partial charge in [-0.05, 0) is 171 Å². The molecule has 0 aliphatic carbocycles. The van der Waals surface area contributed by atoms with Crippen LogP contribution >= 0.6 is 0 Å². The number of rotatable bonds is 8. The zero-order valence-electron chi connectivity index (χ0n) is 29.7. The normalized spacial score (nSPS) is 14.0. The molecule has 1 aliphatic rings. The minimum Gasteiger partial charge on any atom is -0.364 e. The fraction of sp³-hybridized carbons (Fsp3) is 0.341. The Labute approximate surface area is 283 Å². The Morgan fingerprint density at radius 2 is 1.23 bits per heavy atom. The number of piperidine rings is 1. The van der Waals surface area contributed by atoms with Crippen molar-refractivity contribution in [3.05, 3.63) is 141 Å². The van der Waals surface area contributed by atoms with Gasteiger partial charge in [0.15, 0.2) is 0 Å². The van der Waals surface area contributed by atoms with Gasteiger partial charge in [0.1, 0.15) is 0 Å². The fourth-order valence-corrected chi connectivity index (χ4v) is 7.42. The number of anilines is 1. The summed E-state index contributed by atoms with van der Waals surface area (Å²) in [5.41, 5.74) is 19.8. The lowest BCUT2D eigenvalue weighted by molar-refractivity contribution is 0.201. The molecule has 47 heavy (non-hydrogen) atoms. The van der Waals surface area contributed by atoms with Crippen molar-refractivity contribution in [1.29, 1.82) is 0 Å². The van der Waals surface area contributed by atoms with E-state index in [1.807, 2.05) is 6.20 Å². The lowest BCUT2D eigenvalue weighted by atomic mass is 9.92. The maximum Gasteiger partial charge on any atom is 0.0705 e. The molecule has 0 bridgehead atoms. The molecule has 3 nitrogen and oxygen atoms in total. The molecule has 4 aromatic carbocycles. The molecule has 1 aromatic heterocycles. The van der Waals surface area contributed by atoms with Gasteiger partial charge in [0.2, 0.25) is 0 Å². The maximum absolute atomic E-state index is 4.75. The van der Waals surface area contributed by atoms with Crippen LogP contribution in [0.3, 0.4) is 0 Å². The number of benzene rings is 4. The average molecular weight is 622 g/mol. The van der Waals surface area contributed by atoms with Crippen molar-refractivity contribution in [3.63, 3.8) is 0 Å². The highest BCUT2D eigenvalue weighted by molar-refractivity contribution is 5.70. The average Bonchev–Trinajstić information content (AvgIpc) is 3.05. The highest BCUT2D eigenvalue weighted by atomic mass is 15.2. The molecule has 1 aliphatic heterocycles. The number of hydrogen-bond acceptors (Lipinski definition) is 3. The number of hydrogen-bond donors (Lipinski definition) is 0. The first-order valence-electron chi connectivity index (χ1n) is 17.3. The van der Waals surface area contributed by atoms with Crippen LogP contribution < -0.4 is 4.90 Å². The summed E-state index contributed by atoms with van der Waals surface area (Å²) in [4.78, 5) is 10.1. The molecule has 5 aromatic rings. The van der Waals surface area contributed by atoms with Crippen LogP contribution in [-0.4, -0.2) is 29.0 Å². The summed E-state index contributed by atoms with van der Waals surface area (Å²) in [6, 6.07) is 30.4. The first kappa shape index (κ1) is 32.7. The van der Waals surface area contributed by atoms with Crippen molar-refractivity contribution in [1.82, 2.24) is 9.88 Å². The third kappa shape index (κ3) is 7.36. The van der Waals surface area contributed by atoms with Gasteiger partial charge in [-0.3, -0.25) is 9.88 Å². The lowest BCUT2D eigenvalue weighted by Gasteiger charge is -2.40. The summed E-state index contributed by atoms with van der Waals surface area (Å²) in [5, 5.41) is 0. The topological polar surface area (TPSA) is 19.4 Å². The molecule has 1 saturated heterocycles. The summed E-state index contributed by atoms with van der Waals surface area (Å²) in [7, 11) is 0. The van der Waals surface area contributed by atoms with Gasteiger partial charge in [-0.25, -0.2) is 0 Å². The van der Waals surface area contributed by atoms with Crippen molar-refractivity contribution in [2.24, 2.45) is 0 Å². The molecule has 6 rings (SSSR count). The van der Waals surface area contributed by atoms with Crippen molar-refractivity contribution < 1.29 is 0 Å².